The van der Waals surface area contributed by atoms with Crippen molar-refractivity contribution in [3.05, 3.63) is 64.7 Å². The maximum absolute atomic E-state index is 12.6. The Morgan fingerprint density at radius 3 is 2.43 bits per heavy atom. The van der Waals surface area contributed by atoms with Crippen molar-refractivity contribution in [2.24, 2.45) is 5.14 Å². The van der Waals surface area contributed by atoms with Gasteiger partial charge in [-0.05, 0) is 48.7 Å². The third kappa shape index (κ3) is 3.28. The summed E-state index contributed by atoms with van der Waals surface area (Å²) in [5, 5.41) is 5.18. The minimum atomic E-state index is -3.73. The van der Waals surface area contributed by atoms with E-state index in [1.807, 2.05) is 31.2 Å². The van der Waals surface area contributed by atoms with Gasteiger partial charge in [0.15, 0.2) is 0 Å². The van der Waals surface area contributed by atoms with Crippen molar-refractivity contribution in [2.75, 3.05) is 6.54 Å². The van der Waals surface area contributed by atoms with Crippen LogP contribution in [-0.4, -0.2) is 25.8 Å². The first kappa shape index (κ1) is 15.7. The molecule has 1 amide bonds. The summed E-state index contributed by atoms with van der Waals surface area (Å²) in [5.41, 5.74) is 3.64. The van der Waals surface area contributed by atoms with E-state index in [1.54, 1.807) is 17.0 Å². The second kappa shape index (κ2) is 5.79. The Labute approximate surface area is 135 Å². The van der Waals surface area contributed by atoms with Gasteiger partial charge in [-0.15, -0.1) is 0 Å². The molecule has 1 heterocycles. The molecule has 1 aliphatic heterocycles. The van der Waals surface area contributed by atoms with Gasteiger partial charge in [-0.25, -0.2) is 13.6 Å². The van der Waals surface area contributed by atoms with Crippen molar-refractivity contribution in [1.82, 2.24) is 4.90 Å². The van der Waals surface area contributed by atoms with Crippen LogP contribution in [0.2, 0.25) is 0 Å². The maximum Gasteiger partial charge on any atom is 0.254 e. The van der Waals surface area contributed by atoms with E-state index in [4.69, 9.17) is 5.14 Å². The van der Waals surface area contributed by atoms with Gasteiger partial charge in [0.2, 0.25) is 10.0 Å². The first-order valence-corrected chi connectivity index (χ1v) is 8.90. The summed E-state index contributed by atoms with van der Waals surface area (Å²) in [7, 11) is -3.73. The molecule has 2 N–H and O–H groups in total. The molecule has 0 atom stereocenters. The Morgan fingerprint density at radius 2 is 1.78 bits per heavy atom. The van der Waals surface area contributed by atoms with E-state index >= 15 is 0 Å². The number of primary sulfonamides is 1. The average molecular weight is 330 g/mol. The highest BCUT2D eigenvalue weighted by Gasteiger charge is 2.23. The lowest BCUT2D eigenvalue weighted by molar-refractivity contribution is 0.0734. The molecular weight excluding hydrogens is 312 g/mol. The SMILES string of the molecule is Cc1ccc(C(=O)N2CCc3ccc(S(N)(=O)=O)cc3C2)cc1. The van der Waals surface area contributed by atoms with Gasteiger partial charge in [0.25, 0.3) is 5.91 Å². The topological polar surface area (TPSA) is 80.5 Å². The van der Waals surface area contributed by atoms with Gasteiger partial charge in [0.05, 0.1) is 4.90 Å². The zero-order chi connectivity index (χ0) is 16.6. The van der Waals surface area contributed by atoms with Gasteiger partial charge in [0, 0.05) is 18.7 Å². The minimum Gasteiger partial charge on any atom is -0.334 e. The molecule has 2 aromatic rings. The van der Waals surface area contributed by atoms with Crippen molar-refractivity contribution in [3.8, 4) is 0 Å². The third-order valence-electron chi connectivity index (χ3n) is 4.10. The quantitative estimate of drug-likeness (QED) is 0.912. The van der Waals surface area contributed by atoms with E-state index in [0.29, 0.717) is 25.1 Å². The monoisotopic (exact) mass is 330 g/mol. The molecule has 1 aliphatic rings. The van der Waals surface area contributed by atoms with Crippen molar-refractivity contribution in [1.29, 1.82) is 0 Å². The van der Waals surface area contributed by atoms with Crippen LogP contribution in [0.3, 0.4) is 0 Å². The first-order chi connectivity index (χ1) is 10.8. The molecule has 0 aromatic heterocycles. The molecule has 0 saturated carbocycles. The highest BCUT2D eigenvalue weighted by molar-refractivity contribution is 7.89. The van der Waals surface area contributed by atoms with E-state index in [1.165, 1.54) is 6.07 Å². The van der Waals surface area contributed by atoms with Crippen molar-refractivity contribution in [3.63, 3.8) is 0 Å². The lowest BCUT2D eigenvalue weighted by Crippen LogP contribution is -2.36. The minimum absolute atomic E-state index is 0.0448. The van der Waals surface area contributed by atoms with Gasteiger partial charge in [-0.2, -0.15) is 0 Å². The largest absolute Gasteiger partial charge is 0.334 e. The summed E-state index contributed by atoms with van der Waals surface area (Å²) in [4.78, 5) is 14.4. The summed E-state index contributed by atoms with van der Waals surface area (Å²) < 4.78 is 23.0. The fourth-order valence-electron chi connectivity index (χ4n) is 2.76. The molecular formula is C17H18N2O3S. The van der Waals surface area contributed by atoms with Crippen LogP contribution in [0.4, 0.5) is 0 Å². The van der Waals surface area contributed by atoms with Crippen LogP contribution in [0, 0.1) is 6.92 Å². The Morgan fingerprint density at radius 1 is 1.09 bits per heavy atom. The summed E-state index contributed by atoms with van der Waals surface area (Å²) in [5.74, 6) is -0.0448. The summed E-state index contributed by atoms with van der Waals surface area (Å²) in [6, 6.07) is 12.3. The summed E-state index contributed by atoms with van der Waals surface area (Å²) in [6.45, 7) is 2.99. The lowest BCUT2D eigenvalue weighted by Gasteiger charge is -2.29. The van der Waals surface area contributed by atoms with Gasteiger partial charge >= 0.3 is 0 Å². The molecule has 2 aromatic carbocycles. The first-order valence-electron chi connectivity index (χ1n) is 7.35. The number of rotatable bonds is 2. The fraction of sp³-hybridized carbons (Fsp3) is 0.235. The fourth-order valence-corrected chi connectivity index (χ4v) is 3.33. The van der Waals surface area contributed by atoms with Crippen molar-refractivity contribution >= 4 is 15.9 Å². The third-order valence-corrected chi connectivity index (χ3v) is 5.02. The molecule has 120 valence electrons. The number of carbonyl (C=O) groups excluding carboxylic acids is 1. The van der Waals surface area contributed by atoms with E-state index in [2.05, 4.69) is 0 Å². The molecule has 0 aliphatic carbocycles. The van der Waals surface area contributed by atoms with Gasteiger partial charge in [-0.3, -0.25) is 4.79 Å². The number of sulfonamides is 1. The molecule has 0 spiro atoms. The van der Waals surface area contributed by atoms with Crippen LogP contribution in [0.5, 0.6) is 0 Å². The van der Waals surface area contributed by atoms with Gasteiger partial charge in [-0.1, -0.05) is 23.8 Å². The number of carbonyl (C=O) groups is 1. The number of hydrogen-bond acceptors (Lipinski definition) is 3. The molecule has 0 fully saturated rings. The second-order valence-electron chi connectivity index (χ2n) is 5.82. The normalized spacial score (nSPS) is 14.4. The standard InChI is InChI=1S/C17H18N2O3S/c1-12-2-4-14(5-3-12)17(20)19-9-8-13-6-7-16(23(18,21)22)10-15(13)11-19/h2-7,10H,8-9,11H2,1H3,(H2,18,21,22). The summed E-state index contributed by atoms with van der Waals surface area (Å²) >= 11 is 0. The van der Waals surface area contributed by atoms with E-state index in [9.17, 15) is 13.2 Å². The highest BCUT2D eigenvalue weighted by atomic mass is 32.2. The van der Waals surface area contributed by atoms with E-state index < -0.39 is 10.0 Å². The second-order valence-corrected chi connectivity index (χ2v) is 7.38. The number of benzene rings is 2. The zero-order valence-corrected chi connectivity index (χ0v) is 13.6. The van der Waals surface area contributed by atoms with Crippen LogP contribution in [0.15, 0.2) is 47.4 Å². The van der Waals surface area contributed by atoms with Crippen molar-refractivity contribution in [2.45, 2.75) is 24.8 Å². The number of amides is 1. The Hall–Kier alpha value is -2.18. The molecule has 0 saturated heterocycles. The molecule has 3 rings (SSSR count). The molecule has 0 unspecified atom stereocenters. The Kier molecular flexibility index (Phi) is 3.95. The molecule has 23 heavy (non-hydrogen) atoms. The van der Waals surface area contributed by atoms with Gasteiger partial charge in [0.1, 0.15) is 0 Å². The highest BCUT2D eigenvalue weighted by Crippen LogP contribution is 2.23. The van der Waals surface area contributed by atoms with Crippen LogP contribution in [0.25, 0.3) is 0 Å². The number of fused-ring (bicyclic) bond motifs is 1. The number of nitrogens with zero attached hydrogens (tertiary/aromatic N) is 1. The van der Waals surface area contributed by atoms with Crippen LogP contribution in [-0.2, 0) is 23.0 Å². The molecule has 6 heteroatoms. The van der Waals surface area contributed by atoms with Crippen LogP contribution < -0.4 is 5.14 Å². The molecule has 0 bridgehead atoms. The Bertz CT molecular complexity index is 858. The Balaban J connectivity index is 1.87. The smallest absolute Gasteiger partial charge is 0.254 e. The predicted octanol–water partition coefficient (Wildman–Crippen LogP) is 1.84. The average Bonchev–Trinajstić information content (AvgIpc) is 2.53. The lowest BCUT2D eigenvalue weighted by atomic mass is 9.99. The van der Waals surface area contributed by atoms with E-state index in [-0.39, 0.29) is 10.8 Å². The molecule has 5 nitrogen and oxygen atoms in total. The van der Waals surface area contributed by atoms with Crippen LogP contribution >= 0.6 is 0 Å². The predicted molar refractivity (Wildman–Crippen MR) is 87.4 cm³/mol. The van der Waals surface area contributed by atoms with Crippen LogP contribution in [0.1, 0.15) is 27.0 Å². The summed E-state index contributed by atoms with van der Waals surface area (Å²) in [6.07, 6.45) is 0.706. The maximum atomic E-state index is 12.6. The molecule has 0 radical (unpaired) electrons. The number of aryl methyl sites for hydroxylation is 1. The van der Waals surface area contributed by atoms with Gasteiger partial charge < -0.3 is 4.90 Å². The van der Waals surface area contributed by atoms with Crippen molar-refractivity contribution < 1.29 is 13.2 Å². The number of hydrogen-bond donors (Lipinski definition) is 1. The number of nitrogens with two attached hydrogens (primary N) is 1. The van der Waals surface area contributed by atoms with E-state index in [0.717, 1.165) is 16.7 Å². The zero-order valence-electron chi connectivity index (χ0n) is 12.8.